The zero-order chi connectivity index (χ0) is 24.2. The van der Waals surface area contributed by atoms with Gasteiger partial charge in [-0.2, -0.15) is 0 Å². The fourth-order valence-corrected chi connectivity index (χ4v) is 4.65. The lowest BCUT2D eigenvalue weighted by atomic mass is 10.0. The summed E-state index contributed by atoms with van der Waals surface area (Å²) in [6, 6.07) is 13.8. The minimum atomic E-state index is -3.20. The molecule has 0 aliphatic carbocycles. The van der Waals surface area contributed by atoms with E-state index in [1.54, 1.807) is 43.3 Å². The monoisotopic (exact) mass is 471 g/mol. The average Bonchev–Trinajstić information content (AvgIpc) is 2.78. The second-order valence-electron chi connectivity index (χ2n) is 9.41. The van der Waals surface area contributed by atoms with Gasteiger partial charge in [0, 0.05) is 41.5 Å². The maximum Gasteiger partial charge on any atom is 0.251 e. The third kappa shape index (κ3) is 6.57. The van der Waals surface area contributed by atoms with Gasteiger partial charge in [-0.05, 0) is 82.1 Å². The van der Waals surface area contributed by atoms with Crippen molar-refractivity contribution in [3.05, 3.63) is 59.7 Å². The molecule has 1 aliphatic heterocycles. The fraction of sp³-hybridized carbons (Fsp3) is 0.440. The quantitative estimate of drug-likeness (QED) is 0.673. The number of rotatable bonds is 6. The molecule has 1 saturated heterocycles. The Morgan fingerprint density at radius 3 is 1.91 bits per heavy atom. The van der Waals surface area contributed by atoms with Crippen molar-refractivity contribution < 1.29 is 18.0 Å². The number of benzene rings is 2. The second-order valence-corrected chi connectivity index (χ2v) is 11.7. The smallest absolute Gasteiger partial charge is 0.251 e. The van der Waals surface area contributed by atoms with Gasteiger partial charge in [0.05, 0.1) is 10.6 Å². The molecule has 0 radical (unpaired) electrons. The highest BCUT2D eigenvalue weighted by atomic mass is 32.2. The molecule has 1 fully saturated rings. The van der Waals surface area contributed by atoms with Crippen molar-refractivity contribution in [2.45, 2.75) is 57.0 Å². The maximum atomic E-state index is 12.7. The molecule has 1 aliphatic rings. The van der Waals surface area contributed by atoms with E-state index in [4.69, 9.17) is 0 Å². The molecular formula is C25H33N3O4S. The number of nitrogens with zero attached hydrogens (tertiary/aromatic N) is 1. The third-order valence-corrected chi connectivity index (χ3v) is 7.42. The molecule has 3 rings (SSSR count). The maximum absolute atomic E-state index is 12.7. The number of carbonyl (C=O) groups excluding carboxylic acids is 2. The number of sulfone groups is 1. The largest absolute Gasteiger partial charge is 0.371 e. The summed E-state index contributed by atoms with van der Waals surface area (Å²) in [6.07, 6.45) is 1.60. The average molecular weight is 472 g/mol. The van der Waals surface area contributed by atoms with Crippen LogP contribution in [0.15, 0.2) is 53.4 Å². The second kappa shape index (κ2) is 9.95. The van der Waals surface area contributed by atoms with Crippen molar-refractivity contribution in [2.75, 3.05) is 23.7 Å². The molecule has 0 aromatic heterocycles. The van der Waals surface area contributed by atoms with E-state index >= 15 is 0 Å². The molecule has 0 atom stereocenters. The van der Waals surface area contributed by atoms with Gasteiger partial charge in [-0.3, -0.25) is 9.59 Å². The van der Waals surface area contributed by atoms with E-state index in [0.29, 0.717) is 16.0 Å². The van der Waals surface area contributed by atoms with Crippen LogP contribution in [0.5, 0.6) is 0 Å². The topological polar surface area (TPSA) is 95.6 Å². The number of amides is 2. The molecule has 178 valence electrons. The Balaban J connectivity index is 1.52. The van der Waals surface area contributed by atoms with Crippen LogP contribution in [0.25, 0.3) is 0 Å². The van der Waals surface area contributed by atoms with Gasteiger partial charge in [0.2, 0.25) is 0 Å². The van der Waals surface area contributed by atoms with Gasteiger partial charge in [-0.25, -0.2) is 8.42 Å². The number of anilines is 1. The molecule has 8 heteroatoms. The van der Waals surface area contributed by atoms with E-state index < -0.39 is 9.84 Å². The van der Waals surface area contributed by atoms with Crippen LogP contribution in [0.2, 0.25) is 0 Å². The highest BCUT2D eigenvalue weighted by Gasteiger charge is 2.22. The Morgan fingerprint density at radius 2 is 1.42 bits per heavy atom. The van der Waals surface area contributed by atoms with E-state index in [0.717, 1.165) is 31.6 Å². The van der Waals surface area contributed by atoms with Gasteiger partial charge in [0.25, 0.3) is 11.8 Å². The Labute approximate surface area is 196 Å². The van der Waals surface area contributed by atoms with Gasteiger partial charge in [-0.1, -0.05) is 6.92 Å². The van der Waals surface area contributed by atoms with Crippen LogP contribution in [0, 0.1) is 0 Å². The summed E-state index contributed by atoms with van der Waals surface area (Å²) >= 11 is 0. The summed E-state index contributed by atoms with van der Waals surface area (Å²) in [4.78, 5) is 27.4. The number of hydrogen-bond acceptors (Lipinski definition) is 5. The summed E-state index contributed by atoms with van der Waals surface area (Å²) in [5.41, 5.74) is 1.71. The zero-order valence-corrected chi connectivity index (χ0v) is 20.5. The first-order valence-electron chi connectivity index (χ1n) is 11.3. The van der Waals surface area contributed by atoms with E-state index in [2.05, 4.69) is 15.5 Å². The van der Waals surface area contributed by atoms with E-state index in [1.807, 2.05) is 32.9 Å². The molecule has 7 nitrogen and oxygen atoms in total. The lowest BCUT2D eigenvalue weighted by Gasteiger charge is -2.34. The van der Waals surface area contributed by atoms with Crippen molar-refractivity contribution in [3.63, 3.8) is 0 Å². The van der Waals surface area contributed by atoms with Gasteiger partial charge in [0.15, 0.2) is 9.84 Å². The first kappa shape index (κ1) is 24.8. The summed E-state index contributed by atoms with van der Waals surface area (Å²) in [5.74, 6) is -0.225. The fourth-order valence-electron chi connectivity index (χ4n) is 3.77. The molecule has 2 N–H and O–H groups in total. The van der Waals surface area contributed by atoms with Crippen LogP contribution in [0.4, 0.5) is 5.69 Å². The number of nitrogens with one attached hydrogen (secondary N) is 2. The van der Waals surface area contributed by atoms with Gasteiger partial charge >= 0.3 is 0 Å². The summed E-state index contributed by atoms with van der Waals surface area (Å²) in [6.45, 7) is 8.95. The normalized spacial score (nSPS) is 15.2. The standard InChI is InChI=1S/C25H33N3O4S/c1-5-33(31,32)22-12-10-21(11-13-22)28-16-14-20(15-17-28)26-23(29)18-6-8-19(9-7-18)24(30)27-25(2,3)4/h6-13,20H,5,14-17H2,1-4H3,(H,26,29)(H,27,30). The van der Waals surface area contributed by atoms with Gasteiger partial charge < -0.3 is 15.5 Å². The molecule has 2 aromatic rings. The zero-order valence-electron chi connectivity index (χ0n) is 19.7. The molecule has 0 spiro atoms. The summed E-state index contributed by atoms with van der Waals surface area (Å²) in [5, 5.41) is 5.99. The van der Waals surface area contributed by atoms with Crippen molar-refractivity contribution in [1.29, 1.82) is 0 Å². The van der Waals surface area contributed by atoms with Crippen molar-refractivity contribution in [3.8, 4) is 0 Å². The first-order valence-corrected chi connectivity index (χ1v) is 12.9. The Hall–Kier alpha value is -2.87. The van der Waals surface area contributed by atoms with Crippen molar-refractivity contribution in [2.24, 2.45) is 0 Å². The first-order chi connectivity index (χ1) is 15.5. The minimum Gasteiger partial charge on any atom is -0.371 e. The predicted octanol–water partition coefficient (Wildman–Crippen LogP) is 3.41. The molecular weight excluding hydrogens is 438 g/mol. The lowest BCUT2D eigenvalue weighted by molar-refractivity contribution is 0.0911. The van der Waals surface area contributed by atoms with Crippen LogP contribution in [0.3, 0.4) is 0 Å². The van der Waals surface area contributed by atoms with E-state index in [9.17, 15) is 18.0 Å². The number of hydrogen-bond donors (Lipinski definition) is 2. The minimum absolute atomic E-state index is 0.0670. The molecule has 0 bridgehead atoms. The Bertz CT molecular complexity index is 1080. The van der Waals surface area contributed by atoms with E-state index in [1.165, 1.54) is 0 Å². The van der Waals surface area contributed by atoms with Crippen LogP contribution in [-0.2, 0) is 9.84 Å². The molecule has 33 heavy (non-hydrogen) atoms. The summed E-state index contributed by atoms with van der Waals surface area (Å²) in [7, 11) is -3.20. The van der Waals surface area contributed by atoms with Crippen LogP contribution >= 0.6 is 0 Å². The van der Waals surface area contributed by atoms with Crippen molar-refractivity contribution in [1.82, 2.24) is 10.6 Å². The van der Waals surface area contributed by atoms with Crippen molar-refractivity contribution >= 4 is 27.3 Å². The van der Waals surface area contributed by atoms with Crippen LogP contribution in [-0.4, -0.2) is 50.7 Å². The molecule has 0 saturated carbocycles. The molecule has 2 aromatic carbocycles. The van der Waals surface area contributed by atoms with Crippen LogP contribution < -0.4 is 15.5 Å². The lowest BCUT2D eigenvalue weighted by Crippen LogP contribution is -2.44. The van der Waals surface area contributed by atoms with Crippen LogP contribution in [0.1, 0.15) is 61.3 Å². The molecule has 0 unspecified atom stereocenters. The Morgan fingerprint density at radius 1 is 0.909 bits per heavy atom. The highest BCUT2D eigenvalue weighted by molar-refractivity contribution is 7.91. The van der Waals surface area contributed by atoms with E-state index in [-0.39, 0.29) is 29.1 Å². The SMILES string of the molecule is CCS(=O)(=O)c1ccc(N2CCC(NC(=O)c3ccc(C(=O)NC(C)(C)C)cc3)CC2)cc1. The summed E-state index contributed by atoms with van der Waals surface area (Å²) < 4.78 is 24.0. The Kier molecular flexibility index (Phi) is 7.47. The number of carbonyl (C=O) groups is 2. The van der Waals surface area contributed by atoms with Gasteiger partial charge in [0.1, 0.15) is 0 Å². The van der Waals surface area contributed by atoms with Gasteiger partial charge in [-0.15, -0.1) is 0 Å². The predicted molar refractivity (Wildman–Crippen MR) is 131 cm³/mol. The third-order valence-electron chi connectivity index (χ3n) is 5.67. The highest BCUT2D eigenvalue weighted by Crippen LogP contribution is 2.23. The number of piperidine rings is 1. The molecule has 2 amide bonds. The molecule has 1 heterocycles.